The molecule has 0 heterocycles. The lowest BCUT2D eigenvalue weighted by Crippen LogP contribution is -2.43. The van der Waals surface area contributed by atoms with Gasteiger partial charge in [-0.05, 0) is 26.2 Å². The van der Waals surface area contributed by atoms with E-state index in [0.717, 1.165) is 12.8 Å². The largest absolute Gasteiger partial charge is 0.409 e. The number of nitrogens with two attached hydrogens (primary N) is 1. The van der Waals surface area contributed by atoms with Crippen molar-refractivity contribution in [1.29, 1.82) is 0 Å². The highest BCUT2D eigenvalue weighted by molar-refractivity contribution is 6.02. The molecule has 1 fully saturated rings. The quantitative estimate of drug-likeness (QED) is 0.265. The van der Waals surface area contributed by atoms with E-state index in [-0.39, 0.29) is 17.3 Å². The van der Waals surface area contributed by atoms with E-state index in [0.29, 0.717) is 6.42 Å². The van der Waals surface area contributed by atoms with Gasteiger partial charge in [-0.2, -0.15) is 0 Å². The lowest BCUT2D eigenvalue weighted by molar-refractivity contribution is -0.124. The summed E-state index contributed by atoms with van der Waals surface area (Å²) in [6.07, 6.45) is 2.55. The van der Waals surface area contributed by atoms with Crippen molar-refractivity contribution in [2.45, 2.75) is 38.6 Å². The molecule has 4 N–H and O–H groups in total. The fraction of sp³-hybridized carbons (Fsp3) is 0.778. The maximum Gasteiger partial charge on any atom is 0.231 e. The van der Waals surface area contributed by atoms with E-state index in [1.165, 1.54) is 0 Å². The Kier molecular flexibility index (Phi) is 2.98. The maximum absolute atomic E-state index is 11.6. The van der Waals surface area contributed by atoms with Crippen LogP contribution in [0.1, 0.15) is 33.1 Å². The molecule has 0 aromatic rings. The maximum atomic E-state index is 11.6. The standard InChI is InChI=1S/C9H17N3O2/c1-3-6(7(10)12-14)8(13)11-9(2)4-5-9/h6,14H,3-5H2,1-2H3,(H2,10,12)(H,11,13). The Morgan fingerprint density at radius 2 is 2.29 bits per heavy atom. The molecule has 1 atom stereocenters. The second kappa shape index (κ2) is 3.86. The second-order valence-electron chi connectivity index (χ2n) is 4.04. The smallest absolute Gasteiger partial charge is 0.231 e. The van der Waals surface area contributed by atoms with Crippen LogP contribution in [-0.2, 0) is 4.79 Å². The topological polar surface area (TPSA) is 87.7 Å². The average molecular weight is 199 g/mol. The van der Waals surface area contributed by atoms with E-state index in [9.17, 15) is 4.79 Å². The summed E-state index contributed by atoms with van der Waals surface area (Å²) in [6, 6.07) is 0. The summed E-state index contributed by atoms with van der Waals surface area (Å²) in [6.45, 7) is 3.82. The fourth-order valence-electron chi connectivity index (χ4n) is 1.30. The van der Waals surface area contributed by atoms with Gasteiger partial charge >= 0.3 is 0 Å². The van der Waals surface area contributed by atoms with Crippen molar-refractivity contribution in [2.75, 3.05) is 0 Å². The van der Waals surface area contributed by atoms with Crippen molar-refractivity contribution in [1.82, 2.24) is 5.32 Å². The molecule has 14 heavy (non-hydrogen) atoms. The zero-order chi connectivity index (χ0) is 10.8. The molecule has 1 saturated carbocycles. The van der Waals surface area contributed by atoms with E-state index >= 15 is 0 Å². The third-order valence-electron chi connectivity index (χ3n) is 2.62. The third kappa shape index (κ3) is 2.37. The number of carbonyl (C=O) groups excluding carboxylic acids is 1. The Hall–Kier alpha value is -1.26. The van der Waals surface area contributed by atoms with Gasteiger partial charge < -0.3 is 16.3 Å². The summed E-state index contributed by atoms with van der Waals surface area (Å²) in [5.74, 6) is -0.686. The number of carbonyl (C=O) groups is 1. The first-order valence-corrected chi connectivity index (χ1v) is 4.82. The molecule has 1 unspecified atom stereocenters. The van der Waals surface area contributed by atoms with Gasteiger partial charge in [0.25, 0.3) is 0 Å². The minimum atomic E-state index is -0.516. The van der Waals surface area contributed by atoms with Gasteiger partial charge in [0.1, 0.15) is 0 Å². The molecule has 0 radical (unpaired) electrons. The van der Waals surface area contributed by atoms with Crippen LogP contribution in [0.4, 0.5) is 0 Å². The Bertz CT molecular complexity index is 259. The van der Waals surface area contributed by atoms with Crippen molar-refractivity contribution in [3.63, 3.8) is 0 Å². The molecule has 1 rings (SSSR count). The van der Waals surface area contributed by atoms with Crippen LogP contribution in [-0.4, -0.2) is 22.5 Å². The number of hydrogen-bond donors (Lipinski definition) is 3. The monoisotopic (exact) mass is 199 g/mol. The Balaban J connectivity index is 2.56. The van der Waals surface area contributed by atoms with Crippen molar-refractivity contribution in [3.05, 3.63) is 0 Å². The highest BCUT2D eigenvalue weighted by Crippen LogP contribution is 2.34. The average Bonchev–Trinajstić information content (AvgIpc) is 2.84. The SMILES string of the molecule is CCC(C(=O)NC1(C)CC1)C(N)=NO. The molecule has 1 amide bonds. The number of nitrogens with zero attached hydrogens (tertiary/aromatic N) is 1. The zero-order valence-electron chi connectivity index (χ0n) is 8.58. The molecule has 0 bridgehead atoms. The number of nitrogens with one attached hydrogen (secondary N) is 1. The van der Waals surface area contributed by atoms with Gasteiger partial charge in [0.15, 0.2) is 5.84 Å². The number of amides is 1. The van der Waals surface area contributed by atoms with Crippen molar-refractivity contribution in [2.24, 2.45) is 16.8 Å². The molecule has 0 saturated heterocycles. The summed E-state index contributed by atoms with van der Waals surface area (Å²) in [7, 11) is 0. The number of amidine groups is 1. The van der Waals surface area contributed by atoms with Crippen molar-refractivity contribution >= 4 is 11.7 Å². The minimum Gasteiger partial charge on any atom is -0.409 e. The summed E-state index contributed by atoms with van der Waals surface area (Å²) in [5.41, 5.74) is 5.35. The normalized spacial score (nSPS) is 21.4. The molecule has 80 valence electrons. The zero-order valence-corrected chi connectivity index (χ0v) is 8.58. The van der Waals surface area contributed by atoms with Crippen LogP contribution in [0.5, 0.6) is 0 Å². The Labute approximate surface area is 83.3 Å². The molecule has 0 aromatic heterocycles. The molecule has 5 nitrogen and oxygen atoms in total. The fourth-order valence-corrected chi connectivity index (χ4v) is 1.30. The minimum absolute atomic E-state index is 0.0192. The summed E-state index contributed by atoms with van der Waals surface area (Å²) >= 11 is 0. The van der Waals surface area contributed by atoms with E-state index in [2.05, 4.69) is 10.5 Å². The van der Waals surface area contributed by atoms with Crippen LogP contribution < -0.4 is 11.1 Å². The first-order chi connectivity index (χ1) is 6.52. The summed E-state index contributed by atoms with van der Waals surface area (Å²) in [5, 5.41) is 14.2. The number of rotatable bonds is 4. The Morgan fingerprint density at radius 1 is 1.71 bits per heavy atom. The van der Waals surface area contributed by atoms with Crippen LogP contribution >= 0.6 is 0 Å². The number of oxime groups is 1. The molecule has 0 spiro atoms. The molecule has 0 aliphatic heterocycles. The van der Waals surface area contributed by atoms with E-state index < -0.39 is 5.92 Å². The van der Waals surface area contributed by atoms with Gasteiger partial charge in [-0.3, -0.25) is 4.79 Å². The van der Waals surface area contributed by atoms with Crippen LogP contribution in [0.3, 0.4) is 0 Å². The molecule has 1 aliphatic carbocycles. The predicted octanol–water partition coefficient (Wildman–Crippen LogP) is 0.428. The van der Waals surface area contributed by atoms with Gasteiger partial charge in [0.05, 0.1) is 5.92 Å². The molecule has 5 heteroatoms. The summed E-state index contributed by atoms with van der Waals surface area (Å²) < 4.78 is 0. The molecular weight excluding hydrogens is 182 g/mol. The van der Waals surface area contributed by atoms with E-state index in [1.807, 2.05) is 13.8 Å². The van der Waals surface area contributed by atoms with Crippen LogP contribution in [0, 0.1) is 5.92 Å². The highest BCUT2D eigenvalue weighted by atomic mass is 16.4. The van der Waals surface area contributed by atoms with Crippen LogP contribution in [0.25, 0.3) is 0 Å². The number of hydrogen-bond acceptors (Lipinski definition) is 3. The highest BCUT2D eigenvalue weighted by Gasteiger charge is 2.40. The first kappa shape index (κ1) is 10.8. The molecule has 1 aliphatic rings. The lowest BCUT2D eigenvalue weighted by Gasteiger charge is -2.17. The third-order valence-corrected chi connectivity index (χ3v) is 2.62. The lowest BCUT2D eigenvalue weighted by atomic mass is 10.0. The van der Waals surface area contributed by atoms with Crippen molar-refractivity contribution in [3.8, 4) is 0 Å². The summed E-state index contributed by atoms with van der Waals surface area (Å²) in [4.78, 5) is 11.6. The van der Waals surface area contributed by atoms with Gasteiger partial charge in [0, 0.05) is 5.54 Å². The Morgan fingerprint density at radius 3 is 2.64 bits per heavy atom. The van der Waals surface area contributed by atoms with Crippen LogP contribution in [0.2, 0.25) is 0 Å². The molecule has 0 aromatic carbocycles. The van der Waals surface area contributed by atoms with Gasteiger partial charge in [0.2, 0.25) is 5.91 Å². The molecular formula is C9H17N3O2. The van der Waals surface area contributed by atoms with Gasteiger partial charge in [-0.15, -0.1) is 0 Å². The van der Waals surface area contributed by atoms with Crippen molar-refractivity contribution < 1.29 is 10.0 Å². The van der Waals surface area contributed by atoms with Crippen LogP contribution in [0.15, 0.2) is 5.16 Å². The van der Waals surface area contributed by atoms with E-state index in [4.69, 9.17) is 10.9 Å². The van der Waals surface area contributed by atoms with Gasteiger partial charge in [-0.1, -0.05) is 12.1 Å². The second-order valence-corrected chi connectivity index (χ2v) is 4.04. The van der Waals surface area contributed by atoms with Gasteiger partial charge in [-0.25, -0.2) is 0 Å². The first-order valence-electron chi connectivity index (χ1n) is 4.82. The predicted molar refractivity (Wildman–Crippen MR) is 53.0 cm³/mol. The van der Waals surface area contributed by atoms with E-state index in [1.54, 1.807) is 0 Å².